The molecule has 0 saturated heterocycles. The number of benzene rings is 2. The van der Waals surface area contributed by atoms with Crippen LogP contribution < -0.4 is 4.74 Å². The second-order valence-electron chi connectivity index (χ2n) is 5.72. The first-order valence-electron chi connectivity index (χ1n) is 7.89. The molecule has 1 atom stereocenters. The monoisotopic (exact) mass is 320 g/mol. The fourth-order valence-corrected chi connectivity index (χ4v) is 2.66. The van der Waals surface area contributed by atoms with E-state index in [2.05, 4.69) is 4.98 Å². The van der Waals surface area contributed by atoms with Gasteiger partial charge in [-0.25, -0.2) is 4.98 Å². The molecule has 1 heterocycles. The van der Waals surface area contributed by atoms with Crippen LogP contribution in [0.15, 0.2) is 48.5 Å². The van der Waals surface area contributed by atoms with E-state index in [-0.39, 0.29) is 11.8 Å². The van der Waals surface area contributed by atoms with Crippen LogP contribution in [0.25, 0.3) is 23.2 Å². The molecule has 0 bridgehead atoms. The van der Waals surface area contributed by atoms with Gasteiger partial charge in [0.2, 0.25) is 0 Å². The van der Waals surface area contributed by atoms with E-state index in [1.165, 1.54) is 0 Å². The molecular formula is C20H20N2O2. The standard InChI is InChI=1S/C20H20N2O2/c1-14(15(2)23)22-19-7-5-4-6-18(19)21-20(22)13-10-16-8-11-17(24-3)12-9-16/h4-14H,1-3H3/b13-10+. The third-order valence-electron chi connectivity index (χ3n) is 4.14. The van der Waals surface area contributed by atoms with Crippen molar-refractivity contribution in [3.63, 3.8) is 0 Å². The maximum Gasteiger partial charge on any atom is 0.152 e. The van der Waals surface area contributed by atoms with Gasteiger partial charge in [0.1, 0.15) is 11.6 Å². The van der Waals surface area contributed by atoms with Gasteiger partial charge in [-0.2, -0.15) is 0 Å². The molecule has 0 aliphatic heterocycles. The van der Waals surface area contributed by atoms with Gasteiger partial charge in [-0.3, -0.25) is 4.79 Å². The van der Waals surface area contributed by atoms with E-state index in [0.717, 1.165) is 28.2 Å². The second kappa shape index (κ2) is 6.71. The highest BCUT2D eigenvalue weighted by Crippen LogP contribution is 2.23. The Hall–Kier alpha value is -2.88. The Morgan fingerprint density at radius 1 is 1.12 bits per heavy atom. The number of fused-ring (bicyclic) bond motifs is 1. The summed E-state index contributed by atoms with van der Waals surface area (Å²) in [6.45, 7) is 3.51. The predicted molar refractivity (Wildman–Crippen MR) is 97.0 cm³/mol. The Bertz CT molecular complexity index is 892. The summed E-state index contributed by atoms with van der Waals surface area (Å²) in [6.07, 6.45) is 3.94. The highest BCUT2D eigenvalue weighted by atomic mass is 16.5. The number of carbonyl (C=O) groups excluding carboxylic acids is 1. The Kier molecular flexibility index (Phi) is 4.47. The number of Topliss-reactive ketones (excluding diaryl/α,β-unsaturated/α-hetero) is 1. The third-order valence-corrected chi connectivity index (χ3v) is 4.14. The van der Waals surface area contributed by atoms with Gasteiger partial charge in [0.25, 0.3) is 0 Å². The van der Waals surface area contributed by atoms with Gasteiger partial charge in [-0.15, -0.1) is 0 Å². The number of hydrogen-bond acceptors (Lipinski definition) is 3. The maximum atomic E-state index is 11.9. The number of imidazole rings is 1. The summed E-state index contributed by atoms with van der Waals surface area (Å²) in [4.78, 5) is 16.6. The molecular weight excluding hydrogens is 300 g/mol. The number of para-hydroxylation sites is 2. The molecule has 0 amide bonds. The quantitative estimate of drug-likeness (QED) is 0.701. The summed E-state index contributed by atoms with van der Waals surface area (Å²) < 4.78 is 7.15. The molecule has 4 heteroatoms. The highest BCUT2D eigenvalue weighted by molar-refractivity contribution is 5.85. The summed E-state index contributed by atoms with van der Waals surface area (Å²) in [6, 6.07) is 15.4. The van der Waals surface area contributed by atoms with Crippen LogP contribution in [0, 0.1) is 0 Å². The van der Waals surface area contributed by atoms with Crippen LogP contribution >= 0.6 is 0 Å². The van der Waals surface area contributed by atoms with Gasteiger partial charge >= 0.3 is 0 Å². The molecule has 0 saturated carbocycles. The average Bonchev–Trinajstić information content (AvgIpc) is 2.97. The number of aromatic nitrogens is 2. The number of hydrogen-bond donors (Lipinski definition) is 0. The van der Waals surface area contributed by atoms with Crippen LogP contribution in [0.4, 0.5) is 0 Å². The summed E-state index contributed by atoms with van der Waals surface area (Å²) in [5.74, 6) is 1.71. The first-order chi connectivity index (χ1) is 11.6. The molecule has 0 N–H and O–H groups in total. The predicted octanol–water partition coefficient (Wildman–Crippen LogP) is 4.37. The van der Waals surface area contributed by atoms with E-state index < -0.39 is 0 Å². The van der Waals surface area contributed by atoms with Crippen molar-refractivity contribution >= 4 is 29.0 Å². The third kappa shape index (κ3) is 3.08. The lowest BCUT2D eigenvalue weighted by Crippen LogP contribution is -2.14. The Balaban J connectivity index is 2.02. The number of nitrogens with zero attached hydrogens (tertiary/aromatic N) is 2. The summed E-state index contributed by atoms with van der Waals surface area (Å²) in [5, 5.41) is 0. The van der Waals surface area contributed by atoms with Crippen LogP contribution in [0.5, 0.6) is 5.75 Å². The van der Waals surface area contributed by atoms with Crippen molar-refractivity contribution in [2.75, 3.05) is 7.11 Å². The zero-order valence-electron chi connectivity index (χ0n) is 14.1. The molecule has 3 rings (SSSR count). The minimum Gasteiger partial charge on any atom is -0.497 e. The largest absolute Gasteiger partial charge is 0.497 e. The fourth-order valence-electron chi connectivity index (χ4n) is 2.66. The molecule has 4 nitrogen and oxygen atoms in total. The van der Waals surface area contributed by atoms with Crippen molar-refractivity contribution in [2.45, 2.75) is 19.9 Å². The molecule has 0 aliphatic carbocycles. The van der Waals surface area contributed by atoms with Crippen molar-refractivity contribution in [1.82, 2.24) is 9.55 Å². The lowest BCUT2D eigenvalue weighted by molar-refractivity contribution is -0.119. The Morgan fingerprint density at radius 2 is 1.83 bits per heavy atom. The van der Waals surface area contributed by atoms with Crippen molar-refractivity contribution in [1.29, 1.82) is 0 Å². The first kappa shape index (κ1) is 16.0. The Labute approximate surface area is 141 Å². The van der Waals surface area contributed by atoms with Crippen molar-refractivity contribution in [3.05, 3.63) is 59.9 Å². The average molecular weight is 320 g/mol. The van der Waals surface area contributed by atoms with E-state index >= 15 is 0 Å². The number of ether oxygens (including phenoxy) is 1. The van der Waals surface area contributed by atoms with Crippen LogP contribution in [-0.2, 0) is 4.79 Å². The van der Waals surface area contributed by atoms with E-state index in [1.807, 2.05) is 72.2 Å². The van der Waals surface area contributed by atoms with Crippen LogP contribution in [0.1, 0.15) is 31.3 Å². The fraction of sp³-hybridized carbons (Fsp3) is 0.200. The van der Waals surface area contributed by atoms with Gasteiger partial charge in [0.05, 0.1) is 24.2 Å². The van der Waals surface area contributed by atoms with Gasteiger partial charge in [0.15, 0.2) is 5.78 Å². The summed E-state index contributed by atoms with van der Waals surface area (Å²) >= 11 is 0. The molecule has 0 fully saturated rings. The van der Waals surface area contributed by atoms with Crippen LogP contribution in [0.3, 0.4) is 0 Å². The lowest BCUT2D eigenvalue weighted by Gasteiger charge is -2.13. The molecule has 2 aromatic carbocycles. The van der Waals surface area contributed by atoms with Crippen molar-refractivity contribution in [3.8, 4) is 5.75 Å². The number of methoxy groups -OCH3 is 1. The van der Waals surface area contributed by atoms with Crippen LogP contribution in [0.2, 0.25) is 0 Å². The zero-order valence-corrected chi connectivity index (χ0v) is 14.1. The molecule has 0 radical (unpaired) electrons. The first-order valence-corrected chi connectivity index (χ1v) is 7.89. The van der Waals surface area contributed by atoms with Gasteiger partial charge in [0, 0.05) is 0 Å². The minimum absolute atomic E-state index is 0.109. The molecule has 1 aromatic heterocycles. The van der Waals surface area contributed by atoms with E-state index in [0.29, 0.717) is 0 Å². The lowest BCUT2D eigenvalue weighted by atomic mass is 10.2. The molecule has 24 heavy (non-hydrogen) atoms. The molecule has 0 spiro atoms. The van der Waals surface area contributed by atoms with Crippen molar-refractivity contribution < 1.29 is 9.53 Å². The SMILES string of the molecule is COc1ccc(/C=C/c2nc3ccccc3n2C(C)C(C)=O)cc1. The maximum absolute atomic E-state index is 11.9. The molecule has 0 aliphatic rings. The molecule has 122 valence electrons. The minimum atomic E-state index is -0.257. The normalized spacial score (nSPS) is 12.6. The van der Waals surface area contributed by atoms with Crippen molar-refractivity contribution in [2.24, 2.45) is 0 Å². The zero-order chi connectivity index (χ0) is 17.1. The number of rotatable bonds is 5. The second-order valence-corrected chi connectivity index (χ2v) is 5.72. The Morgan fingerprint density at radius 3 is 2.50 bits per heavy atom. The van der Waals surface area contributed by atoms with Gasteiger partial charge < -0.3 is 9.30 Å². The highest BCUT2D eigenvalue weighted by Gasteiger charge is 2.17. The topological polar surface area (TPSA) is 44.1 Å². The number of ketones is 1. The smallest absolute Gasteiger partial charge is 0.152 e. The molecule has 1 unspecified atom stereocenters. The van der Waals surface area contributed by atoms with Gasteiger partial charge in [-0.1, -0.05) is 30.3 Å². The van der Waals surface area contributed by atoms with E-state index in [1.54, 1.807) is 14.0 Å². The van der Waals surface area contributed by atoms with Crippen LogP contribution in [-0.4, -0.2) is 22.4 Å². The number of carbonyl (C=O) groups is 1. The van der Waals surface area contributed by atoms with Gasteiger partial charge in [-0.05, 0) is 49.8 Å². The van der Waals surface area contributed by atoms with E-state index in [9.17, 15) is 4.79 Å². The summed E-state index contributed by atoms with van der Waals surface area (Å²) in [5.41, 5.74) is 2.90. The van der Waals surface area contributed by atoms with E-state index in [4.69, 9.17) is 4.74 Å². The summed E-state index contributed by atoms with van der Waals surface area (Å²) in [7, 11) is 1.65. The molecule has 3 aromatic rings.